The molecule has 5 heteroatoms. The summed E-state index contributed by atoms with van der Waals surface area (Å²) in [6.07, 6.45) is 3.44. The molecule has 0 bridgehead atoms. The zero-order chi connectivity index (χ0) is 13.7. The van der Waals surface area contributed by atoms with Crippen molar-refractivity contribution in [3.63, 3.8) is 0 Å². The summed E-state index contributed by atoms with van der Waals surface area (Å²) in [4.78, 5) is 17.4. The van der Waals surface area contributed by atoms with Crippen LogP contribution in [-0.2, 0) is 0 Å². The van der Waals surface area contributed by atoms with Crippen LogP contribution in [0.2, 0.25) is 0 Å². The smallest absolute Gasteiger partial charge is 0.305 e. The van der Waals surface area contributed by atoms with E-state index in [2.05, 4.69) is 28.9 Å². The van der Waals surface area contributed by atoms with Gasteiger partial charge in [0, 0.05) is 24.0 Å². The summed E-state index contributed by atoms with van der Waals surface area (Å²) < 4.78 is 1.88. The molecule has 0 aliphatic carbocycles. The Morgan fingerprint density at radius 2 is 2.00 bits per heavy atom. The van der Waals surface area contributed by atoms with Gasteiger partial charge in [0.25, 0.3) is 0 Å². The minimum Gasteiger partial charge on any atom is -0.305 e. The van der Waals surface area contributed by atoms with Crippen LogP contribution in [0.1, 0.15) is 39.4 Å². The summed E-state index contributed by atoms with van der Waals surface area (Å²) >= 11 is 0. The van der Waals surface area contributed by atoms with E-state index < -0.39 is 0 Å². The van der Waals surface area contributed by atoms with Crippen molar-refractivity contribution >= 4 is 0 Å². The molecule has 0 spiro atoms. The number of hydrogen-bond donors (Lipinski definition) is 1. The standard InChI is InChI=1S/C11H14N4O.C2H6/c1-7(2)15-6-9(8(3)14-15)10-4-5-12-11(16)13-10;1-2/h4-7H,1-3H3,(H,12,13,16);1-2H3. The van der Waals surface area contributed by atoms with E-state index in [0.29, 0.717) is 6.04 Å². The first kappa shape index (κ1) is 14.2. The second-order valence-corrected chi connectivity index (χ2v) is 3.99. The second kappa shape index (κ2) is 6.14. The molecule has 5 nitrogen and oxygen atoms in total. The second-order valence-electron chi connectivity index (χ2n) is 3.99. The molecule has 2 heterocycles. The predicted molar refractivity (Wildman–Crippen MR) is 72.5 cm³/mol. The van der Waals surface area contributed by atoms with Gasteiger partial charge in [0.15, 0.2) is 0 Å². The van der Waals surface area contributed by atoms with Crippen molar-refractivity contribution in [2.45, 2.75) is 40.7 Å². The maximum absolute atomic E-state index is 11.1. The van der Waals surface area contributed by atoms with E-state index in [-0.39, 0.29) is 5.69 Å². The molecule has 0 fully saturated rings. The Hall–Kier alpha value is -1.91. The van der Waals surface area contributed by atoms with Crippen molar-refractivity contribution in [2.24, 2.45) is 0 Å². The molecule has 18 heavy (non-hydrogen) atoms. The lowest BCUT2D eigenvalue weighted by atomic mass is 10.2. The summed E-state index contributed by atoms with van der Waals surface area (Å²) in [7, 11) is 0. The zero-order valence-electron chi connectivity index (χ0n) is 11.6. The van der Waals surface area contributed by atoms with Crippen molar-refractivity contribution in [3.05, 3.63) is 34.6 Å². The molecule has 0 aliphatic heterocycles. The molecule has 0 radical (unpaired) electrons. The Balaban J connectivity index is 0.000000771. The molecule has 1 N–H and O–H groups in total. The van der Waals surface area contributed by atoms with Gasteiger partial charge >= 0.3 is 5.69 Å². The van der Waals surface area contributed by atoms with Crippen LogP contribution in [0.4, 0.5) is 0 Å². The first-order valence-electron chi connectivity index (χ1n) is 6.19. The van der Waals surface area contributed by atoms with Crippen molar-refractivity contribution < 1.29 is 0 Å². The maximum atomic E-state index is 11.1. The van der Waals surface area contributed by atoms with E-state index in [0.717, 1.165) is 17.0 Å². The third-order valence-corrected chi connectivity index (χ3v) is 2.41. The van der Waals surface area contributed by atoms with Crippen molar-refractivity contribution in [1.29, 1.82) is 0 Å². The van der Waals surface area contributed by atoms with Crippen LogP contribution in [0.15, 0.2) is 23.3 Å². The number of rotatable bonds is 2. The van der Waals surface area contributed by atoms with Crippen molar-refractivity contribution in [3.8, 4) is 11.3 Å². The van der Waals surface area contributed by atoms with Crippen LogP contribution in [0.5, 0.6) is 0 Å². The van der Waals surface area contributed by atoms with Gasteiger partial charge in [-0.2, -0.15) is 5.10 Å². The van der Waals surface area contributed by atoms with Gasteiger partial charge in [0.05, 0.1) is 11.4 Å². The Labute approximate surface area is 107 Å². The van der Waals surface area contributed by atoms with Crippen LogP contribution >= 0.6 is 0 Å². The Bertz CT molecular complexity index is 554. The Morgan fingerprint density at radius 1 is 1.33 bits per heavy atom. The van der Waals surface area contributed by atoms with E-state index in [1.165, 1.54) is 6.20 Å². The van der Waals surface area contributed by atoms with Gasteiger partial charge in [0.2, 0.25) is 0 Å². The monoisotopic (exact) mass is 248 g/mol. The molecule has 0 aromatic carbocycles. The first-order chi connectivity index (χ1) is 8.58. The molecule has 2 aromatic heterocycles. The highest BCUT2D eigenvalue weighted by molar-refractivity contribution is 5.60. The van der Waals surface area contributed by atoms with Crippen LogP contribution in [0.3, 0.4) is 0 Å². The lowest BCUT2D eigenvalue weighted by molar-refractivity contribution is 0.529. The highest BCUT2D eigenvalue weighted by Gasteiger charge is 2.09. The number of aromatic nitrogens is 4. The summed E-state index contributed by atoms with van der Waals surface area (Å²) in [5, 5.41) is 4.39. The van der Waals surface area contributed by atoms with Crippen LogP contribution in [-0.4, -0.2) is 19.7 Å². The number of hydrogen-bond acceptors (Lipinski definition) is 3. The molecule has 0 amide bonds. The molecule has 0 saturated carbocycles. The number of H-pyrrole nitrogens is 1. The fourth-order valence-corrected chi connectivity index (χ4v) is 1.54. The summed E-state index contributed by atoms with van der Waals surface area (Å²) in [5.74, 6) is 0. The molecule has 0 saturated heterocycles. The van der Waals surface area contributed by atoms with E-state index >= 15 is 0 Å². The van der Waals surface area contributed by atoms with Gasteiger partial charge in [-0.25, -0.2) is 9.78 Å². The molecule has 0 atom stereocenters. The third-order valence-electron chi connectivity index (χ3n) is 2.41. The number of nitrogens with one attached hydrogen (secondary N) is 1. The van der Waals surface area contributed by atoms with E-state index in [1.807, 2.05) is 31.6 Å². The average Bonchev–Trinajstić information content (AvgIpc) is 2.74. The lowest BCUT2D eigenvalue weighted by Gasteiger charge is -2.02. The SMILES string of the molecule is CC.Cc1nn(C(C)C)cc1-c1ccnc(=O)[nH]1. The van der Waals surface area contributed by atoms with Gasteiger partial charge in [-0.3, -0.25) is 4.68 Å². The Morgan fingerprint density at radius 3 is 2.50 bits per heavy atom. The quantitative estimate of drug-likeness (QED) is 0.888. The number of aromatic amines is 1. The predicted octanol–water partition coefficient (Wildman–Crippen LogP) is 2.55. The zero-order valence-corrected chi connectivity index (χ0v) is 11.6. The van der Waals surface area contributed by atoms with Gasteiger partial charge in [-0.05, 0) is 26.8 Å². The highest BCUT2D eigenvalue weighted by atomic mass is 16.1. The molecule has 0 aliphatic rings. The molecule has 0 unspecified atom stereocenters. The van der Waals surface area contributed by atoms with Crippen LogP contribution < -0.4 is 5.69 Å². The van der Waals surface area contributed by atoms with E-state index in [4.69, 9.17) is 0 Å². The number of nitrogens with zero attached hydrogens (tertiary/aromatic N) is 3. The third kappa shape index (κ3) is 3.06. The minimum atomic E-state index is -0.339. The topological polar surface area (TPSA) is 63.6 Å². The van der Waals surface area contributed by atoms with Crippen molar-refractivity contribution in [1.82, 2.24) is 19.7 Å². The summed E-state index contributed by atoms with van der Waals surface area (Å²) in [5.41, 5.74) is 2.25. The van der Waals surface area contributed by atoms with Crippen LogP contribution in [0, 0.1) is 6.92 Å². The largest absolute Gasteiger partial charge is 0.345 e. The van der Waals surface area contributed by atoms with Gasteiger partial charge in [0.1, 0.15) is 0 Å². The average molecular weight is 248 g/mol. The summed E-state index contributed by atoms with van der Waals surface area (Å²) in [6.45, 7) is 10.0. The molecular weight excluding hydrogens is 228 g/mol. The van der Waals surface area contributed by atoms with E-state index in [9.17, 15) is 4.79 Å². The maximum Gasteiger partial charge on any atom is 0.345 e. The van der Waals surface area contributed by atoms with E-state index in [1.54, 1.807) is 6.07 Å². The fraction of sp³-hybridized carbons (Fsp3) is 0.462. The lowest BCUT2D eigenvalue weighted by Crippen LogP contribution is -2.09. The highest BCUT2D eigenvalue weighted by Crippen LogP contribution is 2.20. The Kier molecular flexibility index (Phi) is 4.83. The first-order valence-corrected chi connectivity index (χ1v) is 6.19. The normalized spacial score (nSPS) is 10.1. The molecule has 98 valence electrons. The number of aryl methyl sites for hydroxylation is 1. The molecular formula is C13H20N4O. The molecule has 2 aromatic rings. The summed E-state index contributed by atoms with van der Waals surface area (Å²) in [6, 6.07) is 2.08. The minimum absolute atomic E-state index is 0.306. The fourth-order valence-electron chi connectivity index (χ4n) is 1.54. The van der Waals surface area contributed by atoms with Gasteiger partial charge in [-0.1, -0.05) is 13.8 Å². The molecule has 2 rings (SSSR count). The van der Waals surface area contributed by atoms with Crippen molar-refractivity contribution in [2.75, 3.05) is 0 Å². The van der Waals surface area contributed by atoms with Gasteiger partial charge in [-0.15, -0.1) is 0 Å². The van der Waals surface area contributed by atoms with Gasteiger partial charge < -0.3 is 4.98 Å². The van der Waals surface area contributed by atoms with Crippen LogP contribution in [0.25, 0.3) is 11.3 Å².